The molecule has 6 heteroatoms. The molecule has 1 saturated carbocycles. The van der Waals surface area contributed by atoms with Crippen molar-refractivity contribution in [1.82, 2.24) is 25.4 Å². The van der Waals surface area contributed by atoms with Crippen LogP contribution >= 0.6 is 12.2 Å². The number of aromatic nitrogens is 3. The van der Waals surface area contributed by atoms with Gasteiger partial charge in [0.25, 0.3) is 0 Å². The molecule has 1 aliphatic carbocycles. The van der Waals surface area contributed by atoms with Crippen LogP contribution in [-0.4, -0.2) is 38.3 Å². The van der Waals surface area contributed by atoms with E-state index in [0.29, 0.717) is 12.6 Å². The summed E-state index contributed by atoms with van der Waals surface area (Å²) in [5, 5.41) is 10.8. The smallest absolute Gasteiger partial charge is 0.169 e. The highest BCUT2D eigenvalue weighted by Gasteiger charge is 2.17. The minimum absolute atomic E-state index is 0.560. The second-order valence-electron chi connectivity index (χ2n) is 4.22. The van der Waals surface area contributed by atoms with Gasteiger partial charge in [-0.1, -0.05) is 12.8 Å². The Balaban J connectivity index is 1.79. The number of rotatable bonds is 3. The van der Waals surface area contributed by atoms with Crippen molar-refractivity contribution in [3.63, 3.8) is 0 Å². The molecular weight excluding hydrogens is 222 g/mol. The molecule has 0 spiro atoms. The van der Waals surface area contributed by atoms with E-state index in [1.807, 2.05) is 11.9 Å². The van der Waals surface area contributed by atoms with Gasteiger partial charge in [0.05, 0.1) is 6.54 Å². The van der Waals surface area contributed by atoms with E-state index in [9.17, 15) is 0 Å². The van der Waals surface area contributed by atoms with E-state index in [1.54, 1.807) is 0 Å². The molecule has 88 valence electrons. The summed E-state index contributed by atoms with van der Waals surface area (Å²) >= 11 is 5.34. The van der Waals surface area contributed by atoms with Gasteiger partial charge in [-0.15, -0.1) is 0 Å². The molecule has 5 nitrogen and oxygen atoms in total. The van der Waals surface area contributed by atoms with Crippen LogP contribution in [0.1, 0.15) is 31.5 Å². The SMILES string of the molecule is CN(Cc1ncn[nH]1)C(=S)NC1CCCC1. The summed E-state index contributed by atoms with van der Waals surface area (Å²) in [6.45, 7) is 0.665. The molecule has 0 atom stereocenters. The summed E-state index contributed by atoms with van der Waals surface area (Å²) < 4.78 is 0. The van der Waals surface area contributed by atoms with Crippen LogP contribution in [0.3, 0.4) is 0 Å². The Labute approximate surface area is 101 Å². The fourth-order valence-electron chi connectivity index (χ4n) is 1.96. The van der Waals surface area contributed by atoms with Crippen LogP contribution in [-0.2, 0) is 6.54 Å². The average Bonchev–Trinajstić information content (AvgIpc) is 2.90. The summed E-state index contributed by atoms with van der Waals surface area (Å²) in [6.07, 6.45) is 6.60. The minimum Gasteiger partial charge on any atom is -0.360 e. The Bertz CT molecular complexity index is 331. The number of aromatic amines is 1. The third kappa shape index (κ3) is 2.91. The summed E-state index contributed by atoms with van der Waals surface area (Å²) in [7, 11) is 1.97. The predicted octanol–water partition coefficient (Wildman–Crippen LogP) is 1.05. The van der Waals surface area contributed by atoms with Crippen molar-refractivity contribution in [2.45, 2.75) is 38.3 Å². The molecule has 1 aliphatic rings. The molecule has 2 rings (SSSR count). The van der Waals surface area contributed by atoms with E-state index in [0.717, 1.165) is 10.9 Å². The highest BCUT2D eigenvalue weighted by molar-refractivity contribution is 7.80. The van der Waals surface area contributed by atoms with Crippen molar-refractivity contribution in [2.24, 2.45) is 0 Å². The maximum Gasteiger partial charge on any atom is 0.169 e. The van der Waals surface area contributed by atoms with Crippen LogP contribution in [0, 0.1) is 0 Å². The van der Waals surface area contributed by atoms with Crippen molar-refractivity contribution in [2.75, 3.05) is 7.05 Å². The van der Waals surface area contributed by atoms with Crippen molar-refractivity contribution in [3.05, 3.63) is 12.2 Å². The number of hydrogen-bond acceptors (Lipinski definition) is 3. The Morgan fingerprint density at radius 2 is 2.38 bits per heavy atom. The van der Waals surface area contributed by atoms with Gasteiger partial charge in [0.2, 0.25) is 0 Å². The highest BCUT2D eigenvalue weighted by Crippen LogP contribution is 2.17. The number of nitrogens with one attached hydrogen (secondary N) is 2. The Morgan fingerprint density at radius 3 is 3.00 bits per heavy atom. The van der Waals surface area contributed by atoms with Gasteiger partial charge < -0.3 is 10.2 Å². The molecule has 0 aromatic carbocycles. The van der Waals surface area contributed by atoms with E-state index in [2.05, 4.69) is 20.5 Å². The van der Waals surface area contributed by atoms with Gasteiger partial charge in [-0.05, 0) is 25.1 Å². The molecule has 1 fully saturated rings. The highest BCUT2D eigenvalue weighted by atomic mass is 32.1. The number of hydrogen-bond donors (Lipinski definition) is 2. The van der Waals surface area contributed by atoms with E-state index < -0.39 is 0 Å². The molecule has 0 unspecified atom stereocenters. The van der Waals surface area contributed by atoms with E-state index >= 15 is 0 Å². The number of nitrogens with zero attached hydrogens (tertiary/aromatic N) is 3. The zero-order valence-electron chi connectivity index (χ0n) is 9.44. The lowest BCUT2D eigenvalue weighted by atomic mass is 10.2. The third-order valence-electron chi connectivity index (χ3n) is 2.88. The lowest BCUT2D eigenvalue weighted by molar-refractivity contribution is 0.459. The first-order chi connectivity index (χ1) is 7.75. The normalized spacial score (nSPS) is 16.3. The molecule has 1 heterocycles. The van der Waals surface area contributed by atoms with Gasteiger partial charge in [-0.3, -0.25) is 5.10 Å². The Kier molecular flexibility index (Phi) is 3.71. The quantitative estimate of drug-likeness (QED) is 0.772. The van der Waals surface area contributed by atoms with Gasteiger partial charge in [-0.2, -0.15) is 5.10 Å². The van der Waals surface area contributed by atoms with E-state index in [1.165, 1.54) is 32.0 Å². The van der Waals surface area contributed by atoms with Gasteiger partial charge in [0.1, 0.15) is 12.2 Å². The first-order valence-corrected chi connectivity index (χ1v) is 6.02. The van der Waals surface area contributed by atoms with Crippen molar-refractivity contribution < 1.29 is 0 Å². The largest absolute Gasteiger partial charge is 0.360 e. The zero-order chi connectivity index (χ0) is 11.4. The molecule has 0 radical (unpaired) electrons. The van der Waals surface area contributed by atoms with Gasteiger partial charge in [-0.25, -0.2) is 4.98 Å². The van der Waals surface area contributed by atoms with Gasteiger partial charge in [0, 0.05) is 13.1 Å². The lowest BCUT2D eigenvalue weighted by Gasteiger charge is -2.22. The Hall–Kier alpha value is -1.17. The standard InChI is InChI=1S/C10H17N5S/c1-15(6-9-11-7-12-14-9)10(16)13-8-4-2-3-5-8/h7-8H,2-6H2,1H3,(H,13,16)(H,11,12,14). The lowest BCUT2D eigenvalue weighted by Crippen LogP contribution is -2.41. The molecule has 1 aromatic heterocycles. The fraction of sp³-hybridized carbons (Fsp3) is 0.700. The summed E-state index contributed by atoms with van der Waals surface area (Å²) in [5.74, 6) is 0.832. The Morgan fingerprint density at radius 1 is 1.62 bits per heavy atom. The number of H-pyrrole nitrogens is 1. The fourth-order valence-corrected chi connectivity index (χ4v) is 2.19. The van der Waals surface area contributed by atoms with Crippen molar-refractivity contribution in [3.8, 4) is 0 Å². The maximum absolute atomic E-state index is 5.34. The van der Waals surface area contributed by atoms with Crippen LogP contribution in [0.2, 0.25) is 0 Å². The van der Waals surface area contributed by atoms with Crippen LogP contribution in [0.5, 0.6) is 0 Å². The molecule has 16 heavy (non-hydrogen) atoms. The molecule has 0 bridgehead atoms. The second-order valence-corrected chi connectivity index (χ2v) is 4.61. The van der Waals surface area contributed by atoms with Crippen LogP contribution in [0.25, 0.3) is 0 Å². The molecule has 0 aliphatic heterocycles. The first kappa shape index (κ1) is 11.3. The predicted molar refractivity (Wildman–Crippen MR) is 65.8 cm³/mol. The topological polar surface area (TPSA) is 56.8 Å². The van der Waals surface area contributed by atoms with Crippen LogP contribution < -0.4 is 5.32 Å². The van der Waals surface area contributed by atoms with Crippen LogP contribution in [0.15, 0.2) is 6.33 Å². The average molecular weight is 239 g/mol. The third-order valence-corrected chi connectivity index (χ3v) is 3.31. The van der Waals surface area contributed by atoms with Crippen molar-refractivity contribution >= 4 is 17.3 Å². The van der Waals surface area contributed by atoms with E-state index in [4.69, 9.17) is 12.2 Å². The molecule has 0 amide bonds. The van der Waals surface area contributed by atoms with Crippen molar-refractivity contribution in [1.29, 1.82) is 0 Å². The summed E-state index contributed by atoms with van der Waals surface area (Å²) in [6, 6.07) is 0.560. The maximum atomic E-state index is 5.34. The van der Waals surface area contributed by atoms with Crippen LogP contribution in [0.4, 0.5) is 0 Å². The monoisotopic (exact) mass is 239 g/mol. The number of thiocarbonyl (C=S) groups is 1. The van der Waals surface area contributed by atoms with E-state index in [-0.39, 0.29) is 0 Å². The molecule has 2 N–H and O–H groups in total. The van der Waals surface area contributed by atoms with Gasteiger partial charge in [0.15, 0.2) is 5.11 Å². The first-order valence-electron chi connectivity index (χ1n) is 5.61. The van der Waals surface area contributed by atoms with Gasteiger partial charge >= 0.3 is 0 Å². The molecule has 1 aromatic rings. The molecular formula is C10H17N5S. The summed E-state index contributed by atoms with van der Waals surface area (Å²) in [4.78, 5) is 6.06. The second kappa shape index (κ2) is 5.25. The summed E-state index contributed by atoms with van der Waals surface area (Å²) in [5.41, 5.74) is 0. The zero-order valence-corrected chi connectivity index (χ0v) is 10.3. The molecule has 0 saturated heterocycles. The minimum atomic E-state index is 0.560.